The number of carbonyl (C=O) groups is 1. The molecule has 2 aliphatic rings. The van der Waals surface area contributed by atoms with E-state index in [-0.39, 0.29) is 11.7 Å². The van der Waals surface area contributed by atoms with Gasteiger partial charge in [0.25, 0.3) is 5.92 Å². The summed E-state index contributed by atoms with van der Waals surface area (Å²) in [6.45, 7) is 0.357. The molecule has 1 atom stereocenters. The summed E-state index contributed by atoms with van der Waals surface area (Å²) in [5, 5.41) is 2.58. The van der Waals surface area contributed by atoms with E-state index in [2.05, 4.69) is 5.32 Å². The first kappa shape index (κ1) is 13.4. The molecule has 0 saturated carbocycles. The molecule has 1 N–H and O–H groups in total. The lowest BCUT2D eigenvalue weighted by Crippen LogP contribution is -2.45. The van der Waals surface area contributed by atoms with Crippen LogP contribution in [0.3, 0.4) is 0 Å². The van der Waals surface area contributed by atoms with E-state index in [1.807, 2.05) is 0 Å². The highest BCUT2D eigenvalue weighted by Crippen LogP contribution is 2.27. The highest BCUT2D eigenvalue weighted by Gasteiger charge is 2.43. The topological polar surface area (TPSA) is 32.3 Å². The molecule has 2 aliphatic heterocycles. The summed E-state index contributed by atoms with van der Waals surface area (Å²) in [4.78, 5) is 13.8. The average Bonchev–Trinajstić information content (AvgIpc) is 2.77. The van der Waals surface area contributed by atoms with Crippen LogP contribution in [0.15, 0.2) is 18.2 Å². The minimum atomic E-state index is -2.81. The van der Waals surface area contributed by atoms with Crippen molar-refractivity contribution in [3.63, 3.8) is 0 Å². The zero-order valence-electron chi connectivity index (χ0n) is 10.8. The third-order valence-electron chi connectivity index (χ3n) is 3.90. The highest BCUT2D eigenvalue weighted by molar-refractivity contribution is 5.82. The number of alkyl halides is 2. The van der Waals surface area contributed by atoms with Gasteiger partial charge in [-0.3, -0.25) is 10.1 Å². The molecular formula is C14H15F3N2O. The van der Waals surface area contributed by atoms with Crippen molar-refractivity contribution >= 4 is 5.91 Å². The van der Waals surface area contributed by atoms with Gasteiger partial charge in [-0.15, -0.1) is 0 Å². The number of carbonyl (C=O) groups excluding carboxylic acids is 1. The van der Waals surface area contributed by atoms with Gasteiger partial charge in [0.15, 0.2) is 0 Å². The lowest BCUT2D eigenvalue weighted by atomic mass is 9.99. The molecule has 1 aromatic rings. The zero-order chi connectivity index (χ0) is 14.3. The second-order valence-electron chi connectivity index (χ2n) is 5.42. The van der Waals surface area contributed by atoms with Crippen LogP contribution in [-0.4, -0.2) is 35.9 Å². The zero-order valence-corrected chi connectivity index (χ0v) is 10.8. The minimum absolute atomic E-state index is 0.291. The van der Waals surface area contributed by atoms with Crippen molar-refractivity contribution in [1.29, 1.82) is 0 Å². The summed E-state index contributed by atoms with van der Waals surface area (Å²) >= 11 is 0. The second kappa shape index (κ2) is 4.77. The molecule has 0 aromatic heterocycles. The van der Waals surface area contributed by atoms with Crippen LogP contribution in [0.1, 0.15) is 17.5 Å². The molecule has 1 amide bonds. The predicted octanol–water partition coefficient (Wildman–Crippen LogP) is 1.71. The number of rotatable bonds is 1. The second-order valence-corrected chi connectivity index (χ2v) is 5.42. The Morgan fingerprint density at radius 3 is 2.85 bits per heavy atom. The van der Waals surface area contributed by atoms with Gasteiger partial charge in [0.2, 0.25) is 5.91 Å². The molecule has 0 radical (unpaired) electrons. The number of hydrogen-bond acceptors (Lipinski definition) is 2. The smallest absolute Gasteiger partial charge is 0.262 e. The monoisotopic (exact) mass is 284 g/mol. The summed E-state index contributed by atoms with van der Waals surface area (Å²) < 4.78 is 39.4. The Balaban J connectivity index is 1.71. The van der Waals surface area contributed by atoms with E-state index in [1.165, 1.54) is 12.1 Å². The summed E-state index contributed by atoms with van der Waals surface area (Å²) in [6, 6.07) is 3.67. The normalized spacial score (nSPS) is 24.6. The molecule has 2 heterocycles. The highest BCUT2D eigenvalue weighted by atomic mass is 19.3. The Morgan fingerprint density at radius 1 is 1.35 bits per heavy atom. The van der Waals surface area contributed by atoms with Gasteiger partial charge >= 0.3 is 0 Å². The standard InChI is InChI=1S/C14H15F3N2O/c15-11-2-1-10-7-19(4-3-9(10)5-11)13(20)12-6-14(16,17)8-18-12/h1-2,5,12,18H,3-4,6-8H2. The van der Waals surface area contributed by atoms with Gasteiger partial charge in [0.05, 0.1) is 12.6 Å². The van der Waals surface area contributed by atoms with E-state index in [0.717, 1.165) is 11.1 Å². The average molecular weight is 284 g/mol. The van der Waals surface area contributed by atoms with E-state index in [0.29, 0.717) is 19.5 Å². The summed E-state index contributed by atoms with van der Waals surface area (Å²) in [5.41, 5.74) is 1.77. The molecule has 0 aliphatic carbocycles. The van der Waals surface area contributed by atoms with Gasteiger partial charge in [-0.2, -0.15) is 0 Å². The molecule has 0 spiro atoms. The van der Waals surface area contributed by atoms with Gasteiger partial charge in [0.1, 0.15) is 5.82 Å². The van der Waals surface area contributed by atoms with Crippen molar-refractivity contribution in [3.8, 4) is 0 Å². The van der Waals surface area contributed by atoms with Crippen LogP contribution in [0.5, 0.6) is 0 Å². The predicted molar refractivity (Wildman–Crippen MR) is 66.9 cm³/mol. The van der Waals surface area contributed by atoms with Crippen molar-refractivity contribution in [2.75, 3.05) is 13.1 Å². The Bertz CT molecular complexity index is 547. The van der Waals surface area contributed by atoms with Crippen molar-refractivity contribution < 1.29 is 18.0 Å². The number of nitrogens with one attached hydrogen (secondary N) is 1. The Hall–Kier alpha value is -1.56. The molecule has 1 aromatic carbocycles. The van der Waals surface area contributed by atoms with Crippen LogP contribution >= 0.6 is 0 Å². The van der Waals surface area contributed by atoms with E-state index in [4.69, 9.17) is 0 Å². The van der Waals surface area contributed by atoms with Crippen LogP contribution in [0, 0.1) is 5.82 Å². The third-order valence-corrected chi connectivity index (χ3v) is 3.90. The Morgan fingerprint density at radius 2 is 2.15 bits per heavy atom. The number of amides is 1. The molecular weight excluding hydrogens is 269 g/mol. The van der Waals surface area contributed by atoms with Crippen molar-refractivity contribution in [2.24, 2.45) is 0 Å². The fourth-order valence-electron chi connectivity index (χ4n) is 2.82. The first-order valence-corrected chi connectivity index (χ1v) is 6.62. The SMILES string of the molecule is O=C(C1CC(F)(F)CN1)N1CCc2cc(F)ccc2C1. The molecule has 0 bridgehead atoms. The fourth-order valence-corrected chi connectivity index (χ4v) is 2.82. The van der Waals surface area contributed by atoms with Gasteiger partial charge < -0.3 is 4.90 Å². The van der Waals surface area contributed by atoms with Crippen molar-refractivity contribution in [2.45, 2.75) is 31.4 Å². The number of benzene rings is 1. The molecule has 6 heteroatoms. The molecule has 3 nitrogen and oxygen atoms in total. The molecule has 1 fully saturated rings. The first-order chi connectivity index (χ1) is 9.44. The molecule has 108 valence electrons. The Labute approximate surface area is 114 Å². The van der Waals surface area contributed by atoms with Crippen LogP contribution in [0.4, 0.5) is 13.2 Å². The maximum absolute atomic E-state index is 13.1. The maximum atomic E-state index is 13.1. The number of halogens is 3. The number of hydrogen-bond donors (Lipinski definition) is 1. The van der Waals surface area contributed by atoms with Crippen LogP contribution in [-0.2, 0) is 17.8 Å². The third kappa shape index (κ3) is 2.52. The van der Waals surface area contributed by atoms with Crippen LogP contribution < -0.4 is 5.32 Å². The van der Waals surface area contributed by atoms with Crippen LogP contribution in [0.2, 0.25) is 0 Å². The van der Waals surface area contributed by atoms with Gasteiger partial charge in [0, 0.05) is 19.5 Å². The summed E-state index contributed by atoms with van der Waals surface area (Å²) in [6.07, 6.45) is 0.112. The van der Waals surface area contributed by atoms with E-state index < -0.39 is 24.9 Å². The number of nitrogens with zero attached hydrogens (tertiary/aromatic N) is 1. The lowest BCUT2D eigenvalue weighted by molar-refractivity contribution is -0.134. The molecule has 1 unspecified atom stereocenters. The van der Waals surface area contributed by atoms with Crippen molar-refractivity contribution in [3.05, 3.63) is 35.1 Å². The number of fused-ring (bicyclic) bond motifs is 1. The maximum Gasteiger partial charge on any atom is 0.262 e. The largest absolute Gasteiger partial charge is 0.337 e. The summed E-state index contributed by atoms with van der Waals surface area (Å²) in [7, 11) is 0. The van der Waals surface area contributed by atoms with Gasteiger partial charge in [-0.1, -0.05) is 6.07 Å². The Kier molecular flexibility index (Phi) is 3.20. The van der Waals surface area contributed by atoms with E-state index >= 15 is 0 Å². The lowest BCUT2D eigenvalue weighted by Gasteiger charge is -2.30. The minimum Gasteiger partial charge on any atom is -0.337 e. The quantitative estimate of drug-likeness (QED) is 0.851. The van der Waals surface area contributed by atoms with Crippen LogP contribution in [0.25, 0.3) is 0 Å². The molecule has 3 rings (SSSR count). The van der Waals surface area contributed by atoms with E-state index in [9.17, 15) is 18.0 Å². The summed E-state index contributed by atoms with van der Waals surface area (Å²) in [5.74, 6) is -3.39. The van der Waals surface area contributed by atoms with Gasteiger partial charge in [-0.05, 0) is 29.7 Å². The van der Waals surface area contributed by atoms with E-state index in [1.54, 1.807) is 11.0 Å². The molecule has 20 heavy (non-hydrogen) atoms. The molecule has 1 saturated heterocycles. The fraction of sp³-hybridized carbons (Fsp3) is 0.500. The van der Waals surface area contributed by atoms with Gasteiger partial charge in [-0.25, -0.2) is 13.2 Å². The van der Waals surface area contributed by atoms with Crippen molar-refractivity contribution in [1.82, 2.24) is 10.2 Å². The first-order valence-electron chi connectivity index (χ1n) is 6.62.